The first-order chi connectivity index (χ1) is 14.2. The average Bonchev–Trinajstić information content (AvgIpc) is 2.66. The van der Waals surface area contributed by atoms with Gasteiger partial charge in [0, 0.05) is 12.2 Å². The maximum atomic E-state index is 13.0. The molecule has 3 rings (SSSR count). The van der Waals surface area contributed by atoms with Crippen LogP contribution in [-0.4, -0.2) is 43.3 Å². The van der Waals surface area contributed by atoms with Crippen molar-refractivity contribution in [2.75, 3.05) is 17.6 Å². The molecule has 0 spiro atoms. The Morgan fingerprint density at radius 3 is 2.53 bits per heavy atom. The molecule has 1 fully saturated rings. The van der Waals surface area contributed by atoms with Crippen molar-refractivity contribution in [3.63, 3.8) is 0 Å². The van der Waals surface area contributed by atoms with Gasteiger partial charge in [0.25, 0.3) is 0 Å². The van der Waals surface area contributed by atoms with Gasteiger partial charge in [0.05, 0.1) is 10.6 Å². The highest BCUT2D eigenvalue weighted by molar-refractivity contribution is 8.00. The van der Waals surface area contributed by atoms with Crippen LogP contribution in [0.25, 0.3) is 0 Å². The second-order valence-electron chi connectivity index (χ2n) is 7.33. The number of aryl methyl sites for hydroxylation is 3. The Hall–Kier alpha value is -2.36. The Balaban J connectivity index is 1.57. The lowest BCUT2D eigenvalue weighted by Gasteiger charge is -2.30. The molecule has 30 heavy (non-hydrogen) atoms. The molecular formula is C21H25N3O4S2. The molecule has 0 aromatic heterocycles. The van der Waals surface area contributed by atoms with E-state index in [9.17, 15) is 18.0 Å². The van der Waals surface area contributed by atoms with Gasteiger partial charge in [-0.1, -0.05) is 29.8 Å². The number of benzene rings is 2. The fourth-order valence-electron chi connectivity index (χ4n) is 3.28. The summed E-state index contributed by atoms with van der Waals surface area (Å²) in [6.07, 6.45) is 0. The van der Waals surface area contributed by atoms with Crippen LogP contribution in [0.4, 0.5) is 5.69 Å². The van der Waals surface area contributed by atoms with Crippen molar-refractivity contribution in [3.8, 4) is 0 Å². The minimum Gasteiger partial charge on any atom is -0.331 e. The molecule has 0 aliphatic carbocycles. The number of rotatable bonds is 6. The van der Waals surface area contributed by atoms with E-state index in [0.29, 0.717) is 11.3 Å². The smallest absolute Gasteiger partial charge is 0.241 e. The topological polar surface area (TPSA) is 104 Å². The van der Waals surface area contributed by atoms with Crippen LogP contribution in [0.15, 0.2) is 47.4 Å². The maximum Gasteiger partial charge on any atom is 0.241 e. The van der Waals surface area contributed by atoms with Crippen LogP contribution in [0, 0.1) is 20.8 Å². The van der Waals surface area contributed by atoms with E-state index in [1.54, 1.807) is 31.2 Å². The highest BCUT2D eigenvalue weighted by Gasteiger charge is 2.39. The number of hydrogen-bond donors (Lipinski definition) is 3. The van der Waals surface area contributed by atoms with Gasteiger partial charge in [0.1, 0.15) is 5.50 Å². The predicted molar refractivity (Wildman–Crippen MR) is 119 cm³/mol. The molecule has 0 radical (unpaired) electrons. The molecule has 1 aliphatic rings. The standard InChI is InChI=1S/C21H25N3O4S2/c1-13-5-4-6-16(10-13)23-19(25)12-29-21-22-11-18(20(26)24-21)30(27,28)17-8-7-14(2)9-15(17)3/h4-10,18,21-22H,11-12H2,1-3H3,(H,23,25)(H,24,26). The van der Waals surface area contributed by atoms with Crippen LogP contribution in [-0.2, 0) is 19.4 Å². The number of hydrogen-bond acceptors (Lipinski definition) is 6. The molecule has 3 N–H and O–H groups in total. The molecule has 2 aromatic rings. The second kappa shape index (κ2) is 9.20. The zero-order valence-electron chi connectivity index (χ0n) is 17.1. The molecule has 0 bridgehead atoms. The Labute approximate surface area is 180 Å². The van der Waals surface area contributed by atoms with Crippen molar-refractivity contribution in [1.29, 1.82) is 0 Å². The fourth-order valence-corrected chi connectivity index (χ4v) is 5.82. The van der Waals surface area contributed by atoms with Gasteiger partial charge in [-0.2, -0.15) is 0 Å². The molecule has 7 nitrogen and oxygen atoms in total. The highest BCUT2D eigenvalue weighted by atomic mass is 32.2. The number of sulfone groups is 1. The minimum absolute atomic E-state index is 0.0152. The lowest BCUT2D eigenvalue weighted by molar-refractivity contribution is -0.122. The Morgan fingerprint density at radius 2 is 1.87 bits per heavy atom. The van der Waals surface area contributed by atoms with Crippen molar-refractivity contribution in [1.82, 2.24) is 10.6 Å². The van der Waals surface area contributed by atoms with Gasteiger partial charge >= 0.3 is 0 Å². The van der Waals surface area contributed by atoms with Crippen LogP contribution >= 0.6 is 11.8 Å². The summed E-state index contributed by atoms with van der Waals surface area (Å²) in [7, 11) is -3.82. The summed E-state index contributed by atoms with van der Waals surface area (Å²) < 4.78 is 25.9. The van der Waals surface area contributed by atoms with E-state index in [-0.39, 0.29) is 23.1 Å². The molecular weight excluding hydrogens is 422 g/mol. The van der Waals surface area contributed by atoms with E-state index in [2.05, 4.69) is 16.0 Å². The summed E-state index contributed by atoms with van der Waals surface area (Å²) >= 11 is 1.20. The lowest BCUT2D eigenvalue weighted by atomic mass is 10.2. The van der Waals surface area contributed by atoms with Crippen molar-refractivity contribution in [2.24, 2.45) is 0 Å². The molecule has 1 aliphatic heterocycles. The number of thioether (sulfide) groups is 1. The fraction of sp³-hybridized carbons (Fsp3) is 0.333. The molecule has 0 saturated carbocycles. The van der Waals surface area contributed by atoms with Crippen molar-refractivity contribution in [3.05, 3.63) is 59.2 Å². The monoisotopic (exact) mass is 447 g/mol. The van der Waals surface area contributed by atoms with Crippen LogP contribution in [0.3, 0.4) is 0 Å². The van der Waals surface area contributed by atoms with E-state index in [0.717, 1.165) is 11.1 Å². The SMILES string of the molecule is Cc1cccc(NC(=O)CSC2NCC(S(=O)(=O)c3ccc(C)cc3C)C(=O)N2)c1. The molecule has 9 heteroatoms. The Bertz CT molecular complexity index is 1070. The molecule has 2 amide bonds. The summed E-state index contributed by atoms with van der Waals surface area (Å²) in [6, 6.07) is 12.5. The van der Waals surface area contributed by atoms with Gasteiger partial charge < -0.3 is 10.6 Å². The summed E-state index contributed by atoms with van der Waals surface area (Å²) in [5.74, 6) is -0.655. The first kappa shape index (κ1) is 22.3. The van der Waals surface area contributed by atoms with Crippen molar-refractivity contribution >= 4 is 39.1 Å². The lowest BCUT2D eigenvalue weighted by Crippen LogP contribution is -2.59. The van der Waals surface area contributed by atoms with E-state index < -0.39 is 26.5 Å². The van der Waals surface area contributed by atoms with Gasteiger partial charge in [-0.3, -0.25) is 14.9 Å². The van der Waals surface area contributed by atoms with Crippen molar-refractivity contribution < 1.29 is 18.0 Å². The average molecular weight is 448 g/mol. The van der Waals surface area contributed by atoms with Gasteiger partial charge in [-0.15, -0.1) is 11.8 Å². The van der Waals surface area contributed by atoms with E-state index in [1.165, 1.54) is 11.8 Å². The largest absolute Gasteiger partial charge is 0.331 e. The first-order valence-corrected chi connectivity index (χ1v) is 12.1. The normalized spacial score (nSPS) is 19.2. The van der Waals surface area contributed by atoms with Gasteiger partial charge in [0.2, 0.25) is 11.8 Å². The third-order valence-electron chi connectivity index (χ3n) is 4.75. The van der Waals surface area contributed by atoms with Gasteiger partial charge in [0.15, 0.2) is 15.1 Å². The van der Waals surface area contributed by atoms with E-state index >= 15 is 0 Å². The summed E-state index contributed by atoms with van der Waals surface area (Å²) in [4.78, 5) is 24.9. The summed E-state index contributed by atoms with van der Waals surface area (Å²) in [6.45, 7) is 5.53. The number of carbonyl (C=O) groups excluding carboxylic acids is 2. The summed E-state index contributed by atoms with van der Waals surface area (Å²) in [5, 5.41) is 7.25. The molecule has 2 aromatic carbocycles. The quantitative estimate of drug-likeness (QED) is 0.627. The van der Waals surface area contributed by atoms with E-state index in [1.807, 2.05) is 32.0 Å². The van der Waals surface area contributed by atoms with Gasteiger partial charge in [-0.05, 0) is 50.1 Å². The molecule has 2 atom stereocenters. The van der Waals surface area contributed by atoms with Crippen LogP contribution in [0.2, 0.25) is 0 Å². The maximum absolute atomic E-state index is 13.0. The zero-order valence-corrected chi connectivity index (χ0v) is 18.7. The minimum atomic E-state index is -3.82. The number of nitrogens with one attached hydrogen (secondary N) is 3. The number of amides is 2. The van der Waals surface area contributed by atoms with E-state index in [4.69, 9.17) is 0 Å². The summed E-state index contributed by atoms with van der Waals surface area (Å²) in [5.41, 5.74) is 2.79. The second-order valence-corrected chi connectivity index (χ2v) is 10.5. The van der Waals surface area contributed by atoms with Gasteiger partial charge in [-0.25, -0.2) is 8.42 Å². The Kier molecular flexibility index (Phi) is 6.84. The third kappa shape index (κ3) is 5.21. The number of carbonyl (C=O) groups is 2. The van der Waals surface area contributed by atoms with Crippen LogP contribution < -0.4 is 16.0 Å². The number of anilines is 1. The predicted octanol–water partition coefficient (Wildman–Crippen LogP) is 2.13. The first-order valence-electron chi connectivity index (χ1n) is 9.50. The molecule has 1 heterocycles. The Morgan fingerprint density at radius 1 is 1.13 bits per heavy atom. The zero-order chi connectivity index (χ0) is 21.9. The van der Waals surface area contributed by atoms with Crippen LogP contribution in [0.1, 0.15) is 16.7 Å². The van der Waals surface area contributed by atoms with Crippen molar-refractivity contribution in [2.45, 2.75) is 36.4 Å². The molecule has 160 valence electrons. The molecule has 1 saturated heterocycles. The third-order valence-corrected chi connectivity index (χ3v) is 8.00. The molecule has 2 unspecified atom stereocenters. The van der Waals surface area contributed by atoms with Crippen LogP contribution in [0.5, 0.6) is 0 Å². The highest BCUT2D eigenvalue weighted by Crippen LogP contribution is 2.23.